The van der Waals surface area contributed by atoms with Crippen molar-refractivity contribution in [1.29, 1.82) is 0 Å². The molecule has 0 spiro atoms. The number of nitrogens with one attached hydrogen (secondary N) is 1. The number of hydrogen-bond acceptors (Lipinski definition) is 6. The number of para-hydroxylation sites is 1. The van der Waals surface area contributed by atoms with Gasteiger partial charge in [0, 0.05) is 36.1 Å². The Kier molecular flexibility index (Phi) is 4.40. The van der Waals surface area contributed by atoms with Crippen molar-refractivity contribution in [3.8, 4) is 10.9 Å². The van der Waals surface area contributed by atoms with Gasteiger partial charge < -0.3 is 14.5 Å². The maximum Gasteiger partial charge on any atom is 0.287 e. The van der Waals surface area contributed by atoms with Crippen LogP contribution in [0.3, 0.4) is 0 Å². The SMILES string of the molecule is COc1cccc2cc(C(=O)NCCc3csc(-n4cccn4)n3)oc12. The predicted octanol–water partition coefficient (Wildman–Crippen LogP) is 3.06. The summed E-state index contributed by atoms with van der Waals surface area (Å²) < 4.78 is 12.6. The number of carbonyl (C=O) groups is 1. The van der Waals surface area contributed by atoms with Crippen molar-refractivity contribution >= 4 is 28.2 Å². The number of methoxy groups -OCH3 is 1. The van der Waals surface area contributed by atoms with E-state index >= 15 is 0 Å². The molecule has 0 aliphatic carbocycles. The molecule has 0 fully saturated rings. The van der Waals surface area contributed by atoms with Crippen molar-refractivity contribution in [3.63, 3.8) is 0 Å². The second-order valence-corrected chi connectivity index (χ2v) is 6.40. The lowest BCUT2D eigenvalue weighted by Crippen LogP contribution is -2.25. The fraction of sp³-hybridized carbons (Fsp3) is 0.167. The number of carbonyl (C=O) groups excluding carboxylic acids is 1. The third kappa shape index (κ3) is 3.18. The van der Waals surface area contributed by atoms with Crippen molar-refractivity contribution < 1.29 is 13.9 Å². The van der Waals surface area contributed by atoms with E-state index in [-0.39, 0.29) is 11.7 Å². The third-order valence-electron chi connectivity index (χ3n) is 3.86. The van der Waals surface area contributed by atoms with Gasteiger partial charge in [-0.3, -0.25) is 4.79 Å². The first-order valence-corrected chi connectivity index (χ1v) is 8.92. The van der Waals surface area contributed by atoms with E-state index in [1.54, 1.807) is 30.1 Å². The van der Waals surface area contributed by atoms with E-state index in [2.05, 4.69) is 15.4 Å². The van der Waals surface area contributed by atoms with Crippen molar-refractivity contribution in [1.82, 2.24) is 20.1 Å². The van der Waals surface area contributed by atoms with Crippen molar-refractivity contribution in [3.05, 3.63) is 59.6 Å². The Hall–Kier alpha value is -3.13. The lowest BCUT2D eigenvalue weighted by molar-refractivity contribution is 0.0928. The molecule has 0 unspecified atom stereocenters. The number of fused-ring (bicyclic) bond motifs is 1. The first-order valence-electron chi connectivity index (χ1n) is 8.04. The third-order valence-corrected chi connectivity index (χ3v) is 4.74. The van der Waals surface area contributed by atoms with E-state index < -0.39 is 0 Å². The maximum atomic E-state index is 12.3. The summed E-state index contributed by atoms with van der Waals surface area (Å²) in [6, 6.07) is 9.10. The van der Waals surface area contributed by atoms with Crippen LogP contribution in [0.1, 0.15) is 16.2 Å². The Morgan fingerprint density at radius 3 is 3.12 bits per heavy atom. The minimum Gasteiger partial charge on any atom is -0.493 e. The van der Waals surface area contributed by atoms with Crippen LogP contribution in [0.2, 0.25) is 0 Å². The molecular weight excluding hydrogens is 352 g/mol. The van der Waals surface area contributed by atoms with Gasteiger partial charge in [-0.05, 0) is 18.2 Å². The fourth-order valence-corrected chi connectivity index (χ4v) is 3.40. The Bertz CT molecular complexity index is 1040. The largest absolute Gasteiger partial charge is 0.493 e. The second kappa shape index (κ2) is 7.01. The average Bonchev–Trinajstić information content (AvgIpc) is 3.39. The molecule has 3 aromatic heterocycles. The van der Waals surface area contributed by atoms with Gasteiger partial charge in [0.1, 0.15) is 0 Å². The molecule has 0 aliphatic rings. The molecule has 26 heavy (non-hydrogen) atoms. The summed E-state index contributed by atoms with van der Waals surface area (Å²) in [7, 11) is 1.57. The van der Waals surface area contributed by atoms with Gasteiger partial charge in [-0.25, -0.2) is 9.67 Å². The van der Waals surface area contributed by atoms with Crippen LogP contribution in [0.4, 0.5) is 0 Å². The Morgan fingerprint density at radius 1 is 1.38 bits per heavy atom. The Morgan fingerprint density at radius 2 is 2.31 bits per heavy atom. The molecule has 4 rings (SSSR count). The number of hydrogen-bond donors (Lipinski definition) is 1. The second-order valence-electron chi connectivity index (χ2n) is 5.57. The Labute approximate surface area is 153 Å². The molecule has 3 heterocycles. The van der Waals surface area contributed by atoms with E-state index in [0.29, 0.717) is 24.3 Å². The highest BCUT2D eigenvalue weighted by molar-refractivity contribution is 7.12. The zero-order valence-electron chi connectivity index (χ0n) is 14.0. The van der Waals surface area contributed by atoms with Crippen LogP contribution in [0.15, 0.2) is 52.5 Å². The van der Waals surface area contributed by atoms with Gasteiger partial charge in [0.25, 0.3) is 5.91 Å². The maximum absolute atomic E-state index is 12.3. The van der Waals surface area contributed by atoms with Crippen molar-refractivity contribution in [2.45, 2.75) is 6.42 Å². The highest BCUT2D eigenvalue weighted by Gasteiger charge is 2.14. The number of thiazole rings is 1. The number of benzene rings is 1. The van der Waals surface area contributed by atoms with Gasteiger partial charge in [0.15, 0.2) is 17.1 Å². The number of ether oxygens (including phenoxy) is 1. The summed E-state index contributed by atoms with van der Waals surface area (Å²) in [5.74, 6) is 0.612. The number of nitrogens with zero attached hydrogens (tertiary/aromatic N) is 3. The molecule has 0 bridgehead atoms. The zero-order chi connectivity index (χ0) is 17.9. The summed E-state index contributed by atoms with van der Waals surface area (Å²) in [4.78, 5) is 16.8. The summed E-state index contributed by atoms with van der Waals surface area (Å²) >= 11 is 1.51. The van der Waals surface area contributed by atoms with Crippen LogP contribution < -0.4 is 10.1 Å². The molecule has 1 amide bonds. The van der Waals surface area contributed by atoms with Crippen LogP contribution in [-0.2, 0) is 6.42 Å². The van der Waals surface area contributed by atoms with Gasteiger partial charge >= 0.3 is 0 Å². The molecular formula is C18H16N4O3S. The molecule has 0 saturated heterocycles. The van der Waals surface area contributed by atoms with E-state index in [1.807, 2.05) is 29.8 Å². The quantitative estimate of drug-likeness (QED) is 0.566. The summed E-state index contributed by atoms with van der Waals surface area (Å²) in [5.41, 5.74) is 1.48. The fourth-order valence-electron chi connectivity index (χ4n) is 2.60. The monoisotopic (exact) mass is 368 g/mol. The van der Waals surface area contributed by atoms with Gasteiger partial charge in [-0.2, -0.15) is 5.10 Å². The lowest BCUT2D eigenvalue weighted by Gasteiger charge is -2.01. The van der Waals surface area contributed by atoms with Crippen molar-refractivity contribution in [2.75, 3.05) is 13.7 Å². The van der Waals surface area contributed by atoms with Gasteiger partial charge in [-0.1, -0.05) is 12.1 Å². The lowest BCUT2D eigenvalue weighted by atomic mass is 10.2. The Balaban J connectivity index is 1.38. The van der Waals surface area contributed by atoms with Gasteiger partial charge in [0.2, 0.25) is 5.13 Å². The molecule has 0 aliphatic heterocycles. The van der Waals surface area contributed by atoms with Crippen LogP contribution in [0.25, 0.3) is 16.1 Å². The van der Waals surface area contributed by atoms with E-state index in [4.69, 9.17) is 9.15 Å². The predicted molar refractivity (Wildman–Crippen MR) is 98.0 cm³/mol. The first-order chi connectivity index (χ1) is 12.7. The normalized spacial score (nSPS) is 11.0. The molecule has 8 heteroatoms. The average molecular weight is 368 g/mol. The zero-order valence-corrected chi connectivity index (χ0v) is 14.8. The minimum atomic E-state index is -0.259. The minimum absolute atomic E-state index is 0.259. The standard InChI is InChI=1S/C18H16N4O3S/c1-24-14-5-2-4-12-10-15(25-16(12)14)17(23)19-8-6-13-11-26-18(21-13)22-9-3-7-20-22/h2-5,7,9-11H,6,8H2,1H3,(H,19,23). The van der Waals surface area contributed by atoms with Crippen LogP contribution in [0, 0.1) is 0 Å². The summed E-state index contributed by atoms with van der Waals surface area (Å²) in [6.07, 6.45) is 4.19. The summed E-state index contributed by atoms with van der Waals surface area (Å²) in [6.45, 7) is 0.468. The van der Waals surface area contributed by atoms with Gasteiger partial charge in [0.05, 0.1) is 12.8 Å². The van der Waals surface area contributed by atoms with Gasteiger partial charge in [-0.15, -0.1) is 11.3 Å². The van der Waals surface area contributed by atoms with E-state index in [1.165, 1.54) is 11.3 Å². The number of amides is 1. The highest BCUT2D eigenvalue weighted by atomic mass is 32.1. The van der Waals surface area contributed by atoms with Crippen LogP contribution in [0.5, 0.6) is 5.75 Å². The van der Waals surface area contributed by atoms with Crippen LogP contribution >= 0.6 is 11.3 Å². The molecule has 132 valence electrons. The smallest absolute Gasteiger partial charge is 0.287 e. The molecule has 4 aromatic rings. The first kappa shape index (κ1) is 16.3. The number of aromatic nitrogens is 3. The molecule has 0 radical (unpaired) electrons. The molecule has 7 nitrogen and oxygen atoms in total. The summed E-state index contributed by atoms with van der Waals surface area (Å²) in [5, 5.41) is 10.6. The van der Waals surface area contributed by atoms with Crippen molar-refractivity contribution in [2.24, 2.45) is 0 Å². The van der Waals surface area contributed by atoms with Crippen LogP contribution in [-0.4, -0.2) is 34.3 Å². The number of rotatable bonds is 6. The molecule has 0 atom stereocenters. The highest BCUT2D eigenvalue weighted by Crippen LogP contribution is 2.28. The molecule has 1 aromatic carbocycles. The molecule has 1 N–H and O–H groups in total. The van der Waals surface area contributed by atoms with E-state index in [9.17, 15) is 4.79 Å². The number of furan rings is 1. The van der Waals surface area contributed by atoms with E-state index in [0.717, 1.165) is 16.2 Å². The molecule has 0 saturated carbocycles. The topological polar surface area (TPSA) is 82.2 Å².